The van der Waals surface area contributed by atoms with Crippen LogP contribution in [-0.4, -0.2) is 109 Å². The average molecular weight is 751 g/mol. The van der Waals surface area contributed by atoms with Crippen LogP contribution in [0.25, 0.3) is 0 Å². The van der Waals surface area contributed by atoms with E-state index in [1.165, 1.54) is 36.4 Å². The second-order valence-electron chi connectivity index (χ2n) is 12.1. The summed E-state index contributed by atoms with van der Waals surface area (Å²) in [6.07, 6.45) is -13.7. The molecule has 0 saturated carbocycles. The molecule has 0 amide bonds. The van der Waals surface area contributed by atoms with E-state index >= 15 is 0 Å². The highest BCUT2D eigenvalue weighted by Gasteiger charge is 2.54. The van der Waals surface area contributed by atoms with Gasteiger partial charge in [0.05, 0.1) is 23.3 Å². The van der Waals surface area contributed by atoms with Crippen molar-refractivity contribution in [2.75, 3.05) is 13.2 Å². The summed E-state index contributed by atoms with van der Waals surface area (Å²) in [5, 5.41) is 10.8. The van der Waals surface area contributed by atoms with Gasteiger partial charge in [0.25, 0.3) is 0 Å². The number of benzene rings is 3. The number of carbonyl (C=O) groups is 6. The second-order valence-corrected chi connectivity index (χ2v) is 12.1. The van der Waals surface area contributed by atoms with E-state index in [1.807, 2.05) is 0 Å². The van der Waals surface area contributed by atoms with Gasteiger partial charge in [0.15, 0.2) is 43.1 Å². The molecule has 9 atom stereocenters. The molecule has 16 heteroatoms. The van der Waals surface area contributed by atoms with Gasteiger partial charge in [-0.05, 0) is 36.4 Å². The van der Waals surface area contributed by atoms with E-state index in [2.05, 4.69) is 0 Å². The molecule has 2 saturated heterocycles. The van der Waals surface area contributed by atoms with Gasteiger partial charge >= 0.3 is 35.8 Å². The van der Waals surface area contributed by atoms with E-state index < -0.39 is 104 Å². The standard InChI is InChI=1S/C38H38O16/c1-21(39)48-29-27(51-37(45)32(50-23(3)41)31(29)49-22(2)40)20-47-38-33(54-36(44)26-17-11-6-12-18-26)30(53-35(43)25-15-9-5-10-16-25)28(52-38)19-46-34(42)24-13-7-4-8-14-24/h4-18,27-33,37-38,45H,19-20H2,1-3H3/t27-,28-,29-,30+,31+,32-,33-,37-,38+/m0/s1. The summed E-state index contributed by atoms with van der Waals surface area (Å²) in [7, 11) is 0. The first kappa shape index (κ1) is 39.5. The van der Waals surface area contributed by atoms with Crippen LogP contribution < -0.4 is 0 Å². The Kier molecular flexibility index (Phi) is 13.5. The SMILES string of the molecule is CC(=O)O[C@@H]1[C@@H](OC(C)=O)[C@H](CO[C@@H]2O[C@@H](COC(=O)c3ccccc3)[C@@H](OC(=O)c3ccccc3)[C@@H]2OC(=O)c2ccccc2)O[C@H](O)[C@H]1OC(C)=O. The predicted octanol–water partition coefficient (Wildman–Crippen LogP) is 2.55. The van der Waals surface area contributed by atoms with E-state index in [4.69, 9.17) is 42.6 Å². The molecule has 286 valence electrons. The lowest BCUT2D eigenvalue weighted by atomic mass is 9.98. The zero-order valence-electron chi connectivity index (χ0n) is 29.3. The highest BCUT2D eigenvalue weighted by molar-refractivity contribution is 5.91. The van der Waals surface area contributed by atoms with Crippen molar-refractivity contribution < 1.29 is 76.5 Å². The number of aliphatic hydroxyl groups excluding tert-OH is 1. The maximum Gasteiger partial charge on any atom is 0.338 e. The van der Waals surface area contributed by atoms with Crippen LogP contribution in [0.5, 0.6) is 0 Å². The Hall–Kier alpha value is -5.68. The summed E-state index contributed by atoms with van der Waals surface area (Å²) in [6.45, 7) is 2.09. The van der Waals surface area contributed by atoms with Gasteiger partial charge in [-0.2, -0.15) is 0 Å². The first-order valence-electron chi connectivity index (χ1n) is 16.8. The Labute approximate surface area is 309 Å². The molecular formula is C38H38O16. The molecule has 3 aromatic rings. The van der Waals surface area contributed by atoms with E-state index in [1.54, 1.807) is 54.6 Å². The zero-order chi connectivity index (χ0) is 38.8. The van der Waals surface area contributed by atoms with Gasteiger partial charge in [0.2, 0.25) is 0 Å². The Bertz CT molecular complexity index is 1770. The second kappa shape index (κ2) is 18.4. The molecule has 0 spiro atoms. The molecule has 2 aliphatic heterocycles. The quantitative estimate of drug-likeness (QED) is 0.197. The average Bonchev–Trinajstić information content (AvgIpc) is 3.47. The van der Waals surface area contributed by atoms with Gasteiger partial charge in [-0.15, -0.1) is 0 Å². The van der Waals surface area contributed by atoms with Crippen molar-refractivity contribution in [3.63, 3.8) is 0 Å². The van der Waals surface area contributed by atoms with Gasteiger partial charge in [0.1, 0.15) is 18.8 Å². The van der Waals surface area contributed by atoms with Crippen molar-refractivity contribution >= 4 is 35.8 Å². The van der Waals surface area contributed by atoms with Crippen molar-refractivity contribution in [2.24, 2.45) is 0 Å². The molecule has 0 aromatic heterocycles. The molecule has 0 aliphatic carbocycles. The number of aliphatic hydroxyl groups is 1. The molecule has 1 N–H and O–H groups in total. The van der Waals surface area contributed by atoms with Gasteiger partial charge in [-0.25, -0.2) is 14.4 Å². The first-order chi connectivity index (χ1) is 25.9. The Morgan fingerprint density at radius 3 is 1.41 bits per heavy atom. The van der Waals surface area contributed by atoms with Gasteiger partial charge in [-0.1, -0.05) is 54.6 Å². The van der Waals surface area contributed by atoms with Crippen LogP contribution >= 0.6 is 0 Å². The minimum Gasteiger partial charge on any atom is -0.459 e. The fourth-order valence-electron chi connectivity index (χ4n) is 5.77. The molecule has 54 heavy (non-hydrogen) atoms. The third-order valence-electron chi connectivity index (χ3n) is 8.10. The first-order valence-corrected chi connectivity index (χ1v) is 16.8. The summed E-state index contributed by atoms with van der Waals surface area (Å²) in [5.41, 5.74) is 0.521. The number of hydrogen-bond donors (Lipinski definition) is 1. The van der Waals surface area contributed by atoms with Crippen LogP contribution in [0, 0.1) is 0 Å². The van der Waals surface area contributed by atoms with Crippen LogP contribution in [0.2, 0.25) is 0 Å². The normalized spacial score (nSPS) is 26.1. The van der Waals surface area contributed by atoms with Gasteiger partial charge < -0.3 is 47.7 Å². The summed E-state index contributed by atoms with van der Waals surface area (Å²) < 4.78 is 50.9. The lowest BCUT2D eigenvalue weighted by Crippen LogP contribution is -2.62. The van der Waals surface area contributed by atoms with Crippen LogP contribution in [0.1, 0.15) is 51.8 Å². The fraction of sp³-hybridized carbons (Fsp3) is 0.368. The van der Waals surface area contributed by atoms with Crippen molar-refractivity contribution in [2.45, 2.75) is 76.1 Å². The minimum absolute atomic E-state index is 0.137. The van der Waals surface area contributed by atoms with Crippen molar-refractivity contribution in [3.05, 3.63) is 108 Å². The molecule has 2 aliphatic rings. The zero-order valence-corrected chi connectivity index (χ0v) is 29.3. The molecule has 16 nitrogen and oxygen atoms in total. The topological polar surface area (TPSA) is 206 Å². The van der Waals surface area contributed by atoms with Gasteiger partial charge in [-0.3, -0.25) is 14.4 Å². The summed E-state index contributed by atoms with van der Waals surface area (Å²) in [4.78, 5) is 75.9. The number of ether oxygens (including phenoxy) is 9. The maximum absolute atomic E-state index is 13.4. The highest BCUT2D eigenvalue weighted by Crippen LogP contribution is 2.33. The lowest BCUT2D eigenvalue weighted by Gasteiger charge is -2.42. The molecular weight excluding hydrogens is 712 g/mol. The highest BCUT2D eigenvalue weighted by atomic mass is 16.8. The molecule has 2 fully saturated rings. The van der Waals surface area contributed by atoms with Crippen LogP contribution in [0.4, 0.5) is 0 Å². The van der Waals surface area contributed by atoms with Crippen LogP contribution in [0.15, 0.2) is 91.0 Å². The fourth-order valence-corrected chi connectivity index (χ4v) is 5.77. The Morgan fingerprint density at radius 1 is 0.500 bits per heavy atom. The minimum atomic E-state index is -1.89. The van der Waals surface area contributed by atoms with E-state index in [0.29, 0.717) is 0 Å². The summed E-state index contributed by atoms with van der Waals surface area (Å²) in [6, 6.07) is 23.9. The largest absolute Gasteiger partial charge is 0.459 e. The smallest absolute Gasteiger partial charge is 0.338 e. The Balaban J connectivity index is 1.45. The predicted molar refractivity (Wildman–Crippen MR) is 180 cm³/mol. The van der Waals surface area contributed by atoms with Crippen LogP contribution in [-0.2, 0) is 57.0 Å². The molecule has 0 radical (unpaired) electrons. The van der Waals surface area contributed by atoms with Crippen molar-refractivity contribution in [1.82, 2.24) is 0 Å². The molecule has 5 rings (SSSR count). The van der Waals surface area contributed by atoms with Crippen molar-refractivity contribution in [1.29, 1.82) is 0 Å². The number of hydrogen-bond acceptors (Lipinski definition) is 16. The molecule has 0 bridgehead atoms. The maximum atomic E-state index is 13.4. The monoisotopic (exact) mass is 750 g/mol. The summed E-state index contributed by atoms with van der Waals surface area (Å²) >= 11 is 0. The van der Waals surface area contributed by atoms with E-state index in [0.717, 1.165) is 20.8 Å². The van der Waals surface area contributed by atoms with E-state index in [9.17, 15) is 33.9 Å². The van der Waals surface area contributed by atoms with E-state index in [-0.39, 0.29) is 16.7 Å². The number of esters is 6. The molecule has 3 aromatic carbocycles. The lowest BCUT2D eigenvalue weighted by molar-refractivity contribution is -0.304. The van der Waals surface area contributed by atoms with Gasteiger partial charge in [0, 0.05) is 20.8 Å². The van der Waals surface area contributed by atoms with Crippen LogP contribution in [0.3, 0.4) is 0 Å². The summed E-state index contributed by atoms with van der Waals surface area (Å²) in [5.74, 6) is -4.94. The number of rotatable bonds is 13. The number of carbonyl (C=O) groups excluding carboxylic acids is 6. The third-order valence-corrected chi connectivity index (χ3v) is 8.10. The molecule has 0 unspecified atom stereocenters. The Morgan fingerprint density at radius 2 is 0.907 bits per heavy atom. The third kappa shape index (κ3) is 10.3. The van der Waals surface area contributed by atoms with Crippen molar-refractivity contribution in [3.8, 4) is 0 Å². The molecule has 2 heterocycles.